The molecule has 7 heteroatoms. The minimum atomic E-state index is -1.49. The summed E-state index contributed by atoms with van der Waals surface area (Å²) in [4.78, 5) is 11.5. The van der Waals surface area contributed by atoms with Crippen LogP contribution >= 0.6 is 0 Å². The average molecular weight is 278 g/mol. The number of carbonyl (C=O) groups excluding carboxylic acids is 1. The highest BCUT2D eigenvalue weighted by Crippen LogP contribution is 2.27. The molecule has 0 aliphatic carbocycles. The SMILES string of the molecule is CCOCCOC(=O)c1cc(F)c(F)c(OC)c1F. The largest absolute Gasteiger partial charge is 0.491 e. The first-order valence-electron chi connectivity index (χ1n) is 5.49. The van der Waals surface area contributed by atoms with Crippen LogP contribution in [0, 0.1) is 17.5 Å². The van der Waals surface area contributed by atoms with Crippen LogP contribution in [0.25, 0.3) is 0 Å². The standard InChI is InChI=1S/C12H13F3O4/c1-3-18-4-5-19-12(16)7-6-8(13)10(15)11(17-2)9(7)14/h6H,3-5H2,1-2H3. The molecule has 0 N–H and O–H groups in total. The van der Waals surface area contributed by atoms with E-state index >= 15 is 0 Å². The molecule has 1 aromatic rings. The fourth-order valence-electron chi connectivity index (χ4n) is 1.32. The number of methoxy groups -OCH3 is 1. The topological polar surface area (TPSA) is 44.8 Å². The van der Waals surface area contributed by atoms with Crippen molar-refractivity contribution in [3.05, 3.63) is 29.1 Å². The number of rotatable bonds is 6. The van der Waals surface area contributed by atoms with Crippen molar-refractivity contribution in [2.24, 2.45) is 0 Å². The van der Waals surface area contributed by atoms with Crippen molar-refractivity contribution in [1.29, 1.82) is 0 Å². The Morgan fingerprint density at radius 3 is 2.47 bits per heavy atom. The van der Waals surface area contributed by atoms with Gasteiger partial charge in [0, 0.05) is 6.61 Å². The molecule has 0 aromatic heterocycles. The molecule has 0 unspecified atom stereocenters. The maximum Gasteiger partial charge on any atom is 0.341 e. The molecule has 0 bridgehead atoms. The van der Waals surface area contributed by atoms with E-state index in [1.165, 1.54) is 0 Å². The van der Waals surface area contributed by atoms with Gasteiger partial charge in [-0.05, 0) is 13.0 Å². The van der Waals surface area contributed by atoms with E-state index in [9.17, 15) is 18.0 Å². The molecular weight excluding hydrogens is 265 g/mol. The lowest BCUT2D eigenvalue weighted by atomic mass is 10.2. The maximum atomic E-state index is 13.7. The minimum absolute atomic E-state index is 0.118. The maximum absolute atomic E-state index is 13.7. The summed E-state index contributed by atoms with van der Waals surface area (Å²) in [6, 6.07) is 0.427. The predicted octanol–water partition coefficient (Wildman–Crippen LogP) is 2.31. The summed E-state index contributed by atoms with van der Waals surface area (Å²) in [7, 11) is 0.963. The van der Waals surface area contributed by atoms with Gasteiger partial charge in [0.1, 0.15) is 12.2 Å². The normalized spacial score (nSPS) is 10.4. The fraction of sp³-hybridized carbons (Fsp3) is 0.417. The summed E-state index contributed by atoms with van der Waals surface area (Å²) >= 11 is 0. The van der Waals surface area contributed by atoms with E-state index in [0.717, 1.165) is 7.11 Å². The van der Waals surface area contributed by atoms with E-state index in [1.54, 1.807) is 6.92 Å². The van der Waals surface area contributed by atoms with Gasteiger partial charge >= 0.3 is 5.97 Å². The van der Waals surface area contributed by atoms with Gasteiger partial charge in [-0.25, -0.2) is 13.6 Å². The third-order valence-corrected chi connectivity index (χ3v) is 2.20. The summed E-state index contributed by atoms with van der Waals surface area (Å²) in [5.74, 6) is -6.27. The molecule has 4 nitrogen and oxygen atoms in total. The molecule has 0 saturated carbocycles. The van der Waals surface area contributed by atoms with E-state index in [4.69, 9.17) is 4.74 Å². The van der Waals surface area contributed by atoms with Gasteiger partial charge in [-0.2, -0.15) is 4.39 Å². The molecule has 19 heavy (non-hydrogen) atoms. The first kappa shape index (κ1) is 15.3. The molecule has 0 saturated heterocycles. The first-order valence-corrected chi connectivity index (χ1v) is 5.49. The Hall–Kier alpha value is -1.76. The second kappa shape index (κ2) is 6.98. The molecule has 0 heterocycles. The van der Waals surface area contributed by atoms with Crippen molar-refractivity contribution >= 4 is 5.97 Å². The third kappa shape index (κ3) is 3.60. The Kier molecular flexibility index (Phi) is 5.62. The Morgan fingerprint density at radius 2 is 1.89 bits per heavy atom. The average Bonchev–Trinajstić information content (AvgIpc) is 2.39. The van der Waals surface area contributed by atoms with E-state index < -0.39 is 34.7 Å². The highest BCUT2D eigenvalue weighted by Gasteiger charge is 2.24. The summed E-state index contributed by atoms with van der Waals surface area (Å²) in [6.45, 7) is 2.20. The lowest BCUT2D eigenvalue weighted by Crippen LogP contribution is -2.14. The highest BCUT2D eigenvalue weighted by atomic mass is 19.2. The zero-order chi connectivity index (χ0) is 14.4. The van der Waals surface area contributed by atoms with Crippen LogP contribution in [0.4, 0.5) is 13.2 Å². The van der Waals surface area contributed by atoms with Crippen LogP contribution in [0.1, 0.15) is 17.3 Å². The van der Waals surface area contributed by atoms with Gasteiger partial charge < -0.3 is 14.2 Å². The van der Waals surface area contributed by atoms with Crippen molar-refractivity contribution in [2.45, 2.75) is 6.92 Å². The Bertz CT molecular complexity index is 463. The second-order valence-corrected chi connectivity index (χ2v) is 3.40. The lowest BCUT2D eigenvalue weighted by molar-refractivity contribution is 0.0329. The molecular formula is C12H13F3O4. The van der Waals surface area contributed by atoms with E-state index in [0.29, 0.717) is 12.7 Å². The number of benzene rings is 1. The molecule has 106 valence electrons. The molecule has 1 rings (SSSR count). The van der Waals surface area contributed by atoms with Gasteiger partial charge in [0.05, 0.1) is 13.7 Å². The van der Waals surface area contributed by atoms with Crippen LogP contribution in [-0.2, 0) is 9.47 Å². The van der Waals surface area contributed by atoms with E-state index in [2.05, 4.69) is 9.47 Å². The molecule has 0 amide bonds. The molecule has 0 aliphatic rings. The number of esters is 1. The molecule has 0 atom stereocenters. The smallest absolute Gasteiger partial charge is 0.341 e. The number of halogens is 3. The van der Waals surface area contributed by atoms with Gasteiger partial charge in [-0.1, -0.05) is 0 Å². The van der Waals surface area contributed by atoms with Crippen LogP contribution in [0.15, 0.2) is 6.07 Å². The number of carbonyl (C=O) groups is 1. The van der Waals surface area contributed by atoms with Crippen molar-refractivity contribution in [2.75, 3.05) is 26.9 Å². The number of ether oxygens (including phenoxy) is 3. The minimum Gasteiger partial charge on any atom is -0.491 e. The van der Waals surface area contributed by atoms with Crippen LogP contribution in [-0.4, -0.2) is 32.9 Å². The highest BCUT2D eigenvalue weighted by molar-refractivity contribution is 5.90. The number of hydrogen-bond acceptors (Lipinski definition) is 4. The Labute approximate surface area is 108 Å². The summed E-state index contributed by atoms with van der Waals surface area (Å²) in [6.07, 6.45) is 0. The Balaban J connectivity index is 2.88. The number of hydrogen-bond donors (Lipinski definition) is 0. The summed E-state index contributed by atoms with van der Waals surface area (Å²) < 4.78 is 53.9. The van der Waals surface area contributed by atoms with Crippen molar-refractivity contribution in [1.82, 2.24) is 0 Å². The quantitative estimate of drug-likeness (QED) is 0.455. The van der Waals surface area contributed by atoms with Gasteiger partial charge in [0.25, 0.3) is 0 Å². The van der Waals surface area contributed by atoms with Crippen LogP contribution < -0.4 is 4.74 Å². The molecule has 1 aromatic carbocycles. The predicted molar refractivity (Wildman–Crippen MR) is 59.6 cm³/mol. The van der Waals surface area contributed by atoms with Crippen LogP contribution in [0.2, 0.25) is 0 Å². The lowest BCUT2D eigenvalue weighted by Gasteiger charge is -2.09. The van der Waals surface area contributed by atoms with Gasteiger partial charge in [-0.15, -0.1) is 0 Å². The molecule has 0 spiro atoms. The second-order valence-electron chi connectivity index (χ2n) is 3.40. The van der Waals surface area contributed by atoms with Crippen molar-refractivity contribution in [3.8, 4) is 5.75 Å². The monoisotopic (exact) mass is 278 g/mol. The van der Waals surface area contributed by atoms with Crippen molar-refractivity contribution < 1.29 is 32.2 Å². The van der Waals surface area contributed by atoms with E-state index in [1.807, 2.05) is 0 Å². The van der Waals surface area contributed by atoms with E-state index in [-0.39, 0.29) is 13.2 Å². The zero-order valence-corrected chi connectivity index (χ0v) is 10.5. The van der Waals surface area contributed by atoms with Crippen LogP contribution in [0.5, 0.6) is 5.75 Å². The van der Waals surface area contributed by atoms with Crippen molar-refractivity contribution in [3.63, 3.8) is 0 Å². The fourth-order valence-corrected chi connectivity index (χ4v) is 1.32. The Morgan fingerprint density at radius 1 is 1.21 bits per heavy atom. The summed E-state index contributed by atoms with van der Waals surface area (Å²) in [5, 5.41) is 0. The molecule has 0 fully saturated rings. The van der Waals surface area contributed by atoms with Crippen LogP contribution in [0.3, 0.4) is 0 Å². The van der Waals surface area contributed by atoms with Gasteiger partial charge in [-0.3, -0.25) is 0 Å². The third-order valence-electron chi connectivity index (χ3n) is 2.20. The zero-order valence-electron chi connectivity index (χ0n) is 10.5. The van der Waals surface area contributed by atoms with Gasteiger partial charge in [0.2, 0.25) is 5.82 Å². The molecule has 0 aliphatic heterocycles. The summed E-state index contributed by atoms with van der Waals surface area (Å²) in [5.41, 5.74) is -0.729. The molecule has 0 radical (unpaired) electrons. The first-order chi connectivity index (χ1) is 9.02. The van der Waals surface area contributed by atoms with Gasteiger partial charge in [0.15, 0.2) is 17.4 Å².